The highest BCUT2D eigenvalue weighted by molar-refractivity contribution is 8.43. The Bertz CT molecular complexity index is 481. The molecule has 22 heavy (non-hydrogen) atoms. The van der Waals surface area contributed by atoms with Gasteiger partial charge in [0.05, 0.1) is 0 Å². The maximum atomic E-state index is 3.00. The predicted octanol–water partition coefficient (Wildman–Crippen LogP) is 5.13. The van der Waals surface area contributed by atoms with Crippen molar-refractivity contribution in [2.24, 2.45) is 0 Å². The van der Waals surface area contributed by atoms with E-state index >= 15 is 0 Å². The van der Waals surface area contributed by atoms with Crippen LogP contribution >= 0.6 is 0 Å². The zero-order valence-corrected chi connectivity index (χ0v) is 26.0. The molecule has 0 saturated carbocycles. The van der Waals surface area contributed by atoms with Gasteiger partial charge in [-0.25, -0.2) is 0 Å². The number of rotatable bonds is 0. The van der Waals surface area contributed by atoms with Crippen LogP contribution in [0.4, 0.5) is 0 Å². The van der Waals surface area contributed by atoms with Crippen LogP contribution in [0, 0.1) is 0 Å². The van der Waals surface area contributed by atoms with Gasteiger partial charge in [-0.15, -0.1) is 0 Å². The lowest BCUT2D eigenvalue weighted by Gasteiger charge is -2.81. The molecular formula is C14H42Si8. The van der Waals surface area contributed by atoms with E-state index in [4.69, 9.17) is 0 Å². The van der Waals surface area contributed by atoms with Gasteiger partial charge in [-0.1, -0.05) is 91.7 Å². The summed E-state index contributed by atoms with van der Waals surface area (Å²) in [7, 11) is -6.76. The number of hydrogen-bond donors (Lipinski definition) is 0. The van der Waals surface area contributed by atoms with Crippen LogP contribution in [0.1, 0.15) is 0 Å². The van der Waals surface area contributed by atoms with E-state index in [1.807, 2.05) is 0 Å². The standard InChI is InChI=1S/C14H42Si8/c1-15(2)16(3,4)19(9,10)22(18(15,7)8)20(11,12)17(5,6)21(22,13)14/h1-14H3. The minimum absolute atomic E-state index is 0.893. The van der Waals surface area contributed by atoms with Crippen LogP contribution in [0.5, 0.6) is 0 Å². The summed E-state index contributed by atoms with van der Waals surface area (Å²) in [5, 5.41) is 0. The quantitative estimate of drug-likeness (QED) is 0.463. The van der Waals surface area contributed by atoms with Gasteiger partial charge in [0.15, 0.2) is 0 Å². The minimum atomic E-state index is -1.01. The predicted molar refractivity (Wildman–Crippen MR) is 128 cm³/mol. The largest absolute Gasteiger partial charge is 0.0739 e. The molecule has 0 aromatic carbocycles. The van der Waals surface area contributed by atoms with Crippen LogP contribution in [0.2, 0.25) is 91.7 Å². The smallest absolute Gasteiger partial charge is 0.0302 e. The molecule has 2 fully saturated rings. The van der Waals surface area contributed by atoms with Crippen molar-refractivity contribution < 1.29 is 0 Å². The van der Waals surface area contributed by atoms with Crippen molar-refractivity contribution >= 4 is 55.9 Å². The molecular weight excluding hydrogens is 393 g/mol. The van der Waals surface area contributed by atoms with E-state index in [1.165, 1.54) is 0 Å². The summed E-state index contributed by atoms with van der Waals surface area (Å²) < 4.78 is 0. The second-order valence-electron chi connectivity index (χ2n) is 12.1. The molecule has 2 rings (SSSR count). The van der Waals surface area contributed by atoms with Crippen LogP contribution in [0.3, 0.4) is 0 Å². The zero-order valence-electron chi connectivity index (χ0n) is 18.0. The highest BCUT2D eigenvalue weighted by atomic mass is 30.6. The van der Waals surface area contributed by atoms with Gasteiger partial charge in [-0.05, 0) is 0 Å². The Balaban J connectivity index is 2.97. The zero-order chi connectivity index (χ0) is 18.0. The molecule has 2 saturated heterocycles. The maximum Gasteiger partial charge on any atom is 0.0302 e. The third-order valence-electron chi connectivity index (χ3n) is 11.6. The Kier molecular flexibility index (Phi) is 3.96. The topological polar surface area (TPSA) is 0 Å². The highest BCUT2D eigenvalue weighted by Crippen LogP contribution is 2.65. The van der Waals surface area contributed by atoms with Gasteiger partial charge in [0.1, 0.15) is 0 Å². The molecule has 0 aliphatic carbocycles. The first kappa shape index (κ1) is 20.1. The molecule has 2 aliphatic rings. The lowest BCUT2D eigenvalue weighted by Crippen LogP contribution is -3.12. The van der Waals surface area contributed by atoms with Crippen LogP contribution in [0.25, 0.3) is 0 Å². The second kappa shape index (κ2) is 4.34. The van der Waals surface area contributed by atoms with Crippen LogP contribution < -0.4 is 0 Å². The molecule has 8 heteroatoms. The fraction of sp³-hybridized carbons (Fsp3) is 1.00. The van der Waals surface area contributed by atoms with E-state index in [1.54, 1.807) is 0 Å². The number of hydrogen-bond acceptors (Lipinski definition) is 0. The van der Waals surface area contributed by atoms with Crippen molar-refractivity contribution in [3.8, 4) is 0 Å². The van der Waals surface area contributed by atoms with E-state index in [2.05, 4.69) is 91.7 Å². The monoisotopic (exact) mass is 434 g/mol. The average molecular weight is 435 g/mol. The van der Waals surface area contributed by atoms with Gasteiger partial charge in [-0.3, -0.25) is 0 Å². The molecule has 1 spiro atoms. The average Bonchev–Trinajstić information content (AvgIpc) is 2.31. The molecule has 130 valence electrons. The molecule has 2 aliphatic heterocycles. The fourth-order valence-electron chi connectivity index (χ4n) is 8.84. The Morgan fingerprint density at radius 3 is 0.545 bits per heavy atom. The van der Waals surface area contributed by atoms with E-state index in [0.29, 0.717) is 0 Å². The van der Waals surface area contributed by atoms with Crippen molar-refractivity contribution in [1.29, 1.82) is 0 Å². The molecule has 0 aromatic rings. The molecule has 0 atom stereocenters. The first-order chi connectivity index (χ1) is 9.25. The van der Waals surface area contributed by atoms with E-state index in [0.717, 1.165) is 0 Å². The van der Waals surface area contributed by atoms with Gasteiger partial charge >= 0.3 is 0 Å². The van der Waals surface area contributed by atoms with Crippen molar-refractivity contribution in [1.82, 2.24) is 0 Å². The molecule has 0 N–H and O–H groups in total. The summed E-state index contributed by atoms with van der Waals surface area (Å²) in [5.41, 5.74) is 0. The Morgan fingerprint density at radius 1 is 0.227 bits per heavy atom. The summed E-state index contributed by atoms with van der Waals surface area (Å²) in [6.45, 7) is 41.3. The van der Waals surface area contributed by atoms with Crippen LogP contribution in [0.15, 0.2) is 0 Å². The first-order valence-electron chi connectivity index (χ1n) is 9.25. The third kappa shape index (κ3) is 1.37. The van der Waals surface area contributed by atoms with Crippen molar-refractivity contribution in [2.75, 3.05) is 0 Å². The molecule has 0 radical (unpaired) electrons. The summed E-state index contributed by atoms with van der Waals surface area (Å²) in [6, 6.07) is 0. The van der Waals surface area contributed by atoms with Crippen molar-refractivity contribution in [3.63, 3.8) is 0 Å². The van der Waals surface area contributed by atoms with E-state index in [-0.39, 0.29) is 0 Å². The first-order valence-corrected chi connectivity index (χ1v) is 41.2. The normalized spacial score (nSPS) is 36.8. The summed E-state index contributed by atoms with van der Waals surface area (Å²) in [4.78, 5) is 0. The van der Waals surface area contributed by atoms with Gasteiger partial charge in [0.25, 0.3) is 0 Å². The summed E-state index contributed by atoms with van der Waals surface area (Å²) in [6.07, 6.45) is -0.956. The third-order valence-corrected chi connectivity index (χ3v) is 280. The van der Waals surface area contributed by atoms with Gasteiger partial charge in [0.2, 0.25) is 0 Å². The maximum absolute atomic E-state index is 3.00. The molecule has 0 unspecified atom stereocenters. The molecule has 0 amide bonds. The van der Waals surface area contributed by atoms with Gasteiger partial charge in [0, 0.05) is 55.9 Å². The fourth-order valence-corrected chi connectivity index (χ4v) is 559. The molecule has 0 aromatic heterocycles. The highest BCUT2D eigenvalue weighted by Gasteiger charge is 2.94. The Hall–Kier alpha value is 1.74. The molecule has 0 nitrogen and oxygen atoms in total. The van der Waals surface area contributed by atoms with Crippen molar-refractivity contribution in [2.45, 2.75) is 91.7 Å². The second-order valence-corrected chi connectivity index (χ2v) is 117. The Labute approximate surface area is 147 Å². The van der Waals surface area contributed by atoms with E-state index < -0.39 is 55.9 Å². The van der Waals surface area contributed by atoms with Gasteiger partial charge < -0.3 is 0 Å². The minimum Gasteiger partial charge on any atom is -0.0739 e. The lowest BCUT2D eigenvalue weighted by molar-refractivity contribution is 1.76. The lowest BCUT2D eigenvalue weighted by atomic mass is 11.9. The SMILES string of the molecule is C[Si]1(C)[Si](C)(C)[Si](C)(C)[Si]2([Si]1(C)C)[Si](C)(C)[Si](C)(C)[Si]2(C)C. The molecule has 2 heterocycles. The van der Waals surface area contributed by atoms with Crippen LogP contribution in [-0.4, -0.2) is 55.9 Å². The van der Waals surface area contributed by atoms with Crippen LogP contribution in [-0.2, 0) is 0 Å². The molecule has 0 bridgehead atoms. The van der Waals surface area contributed by atoms with E-state index in [9.17, 15) is 0 Å². The summed E-state index contributed by atoms with van der Waals surface area (Å²) in [5.74, 6) is 0. The van der Waals surface area contributed by atoms with Crippen molar-refractivity contribution in [3.05, 3.63) is 0 Å². The van der Waals surface area contributed by atoms with Gasteiger partial charge in [-0.2, -0.15) is 0 Å². The Morgan fingerprint density at radius 2 is 0.364 bits per heavy atom. The summed E-state index contributed by atoms with van der Waals surface area (Å²) >= 11 is 0.